The fourth-order valence-corrected chi connectivity index (χ4v) is 2.50. The van der Waals surface area contributed by atoms with Gasteiger partial charge in [0, 0.05) is 39.4 Å². The Morgan fingerprint density at radius 1 is 1.20 bits per heavy atom. The van der Waals surface area contributed by atoms with Crippen LogP contribution >= 0.6 is 0 Å². The van der Waals surface area contributed by atoms with Gasteiger partial charge in [-0.05, 0) is 32.6 Å². The van der Waals surface area contributed by atoms with Crippen LogP contribution in [0.4, 0.5) is 4.79 Å². The average Bonchev–Trinajstić information content (AvgIpc) is 2.45. The van der Waals surface area contributed by atoms with Crippen LogP contribution in [-0.2, 0) is 9.47 Å². The number of nitrogens with zero attached hydrogens (tertiary/aromatic N) is 2. The summed E-state index contributed by atoms with van der Waals surface area (Å²) in [5.41, 5.74) is 0. The van der Waals surface area contributed by atoms with Crippen LogP contribution in [0, 0.1) is 5.92 Å². The molecule has 1 unspecified atom stereocenters. The van der Waals surface area contributed by atoms with Crippen LogP contribution in [0.2, 0.25) is 0 Å². The molecule has 2 amide bonds. The quantitative estimate of drug-likeness (QED) is 0.643. The maximum Gasteiger partial charge on any atom is 0.320 e. The molecule has 1 rings (SSSR count). The molecule has 0 N–H and O–H groups in total. The van der Waals surface area contributed by atoms with Gasteiger partial charge in [-0.3, -0.25) is 0 Å². The van der Waals surface area contributed by atoms with Gasteiger partial charge in [0.25, 0.3) is 0 Å². The summed E-state index contributed by atoms with van der Waals surface area (Å²) in [5.74, 6) is 0.605. The van der Waals surface area contributed by atoms with E-state index in [0.29, 0.717) is 45.4 Å². The van der Waals surface area contributed by atoms with E-state index in [1.54, 1.807) is 0 Å². The minimum Gasteiger partial charge on any atom is -0.380 e. The Kier molecular flexibility index (Phi) is 8.62. The van der Waals surface area contributed by atoms with Crippen LogP contribution in [0.1, 0.15) is 33.6 Å². The van der Waals surface area contributed by atoms with Crippen molar-refractivity contribution in [2.75, 3.05) is 52.6 Å². The van der Waals surface area contributed by atoms with E-state index in [9.17, 15) is 4.79 Å². The number of likely N-dealkylation sites (tertiary alicyclic amines) is 1. The molecule has 0 aromatic carbocycles. The van der Waals surface area contributed by atoms with Gasteiger partial charge in [0.15, 0.2) is 0 Å². The van der Waals surface area contributed by atoms with E-state index in [4.69, 9.17) is 9.47 Å². The van der Waals surface area contributed by atoms with E-state index in [-0.39, 0.29) is 6.03 Å². The van der Waals surface area contributed by atoms with Gasteiger partial charge in [-0.2, -0.15) is 0 Å². The van der Waals surface area contributed by atoms with Crippen molar-refractivity contribution in [2.24, 2.45) is 5.92 Å². The van der Waals surface area contributed by atoms with Crippen LogP contribution in [0.5, 0.6) is 0 Å². The normalized spacial score (nSPS) is 19.1. The lowest BCUT2D eigenvalue weighted by molar-refractivity contribution is 0.0754. The summed E-state index contributed by atoms with van der Waals surface area (Å²) in [6, 6.07) is 0.135. The highest BCUT2D eigenvalue weighted by molar-refractivity contribution is 5.74. The molecule has 0 aromatic rings. The molecule has 0 spiro atoms. The summed E-state index contributed by atoms with van der Waals surface area (Å²) in [6.45, 7) is 11.8. The summed E-state index contributed by atoms with van der Waals surface area (Å²) in [4.78, 5) is 16.4. The van der Waals surface area contributed by atoms with Crippen molar-refractivity contribution in [3.63, 3.8) is 0 Å². The third-order valence-corrected chi connectivity index (χ3v) is 3.62. The first-order valence-electron chi connectivity index (χ1n) is 7.88. The van der Waals surface area contributed by atoms with E-state index in [2.05, 4.69) is 6.92 Å². The molecule has 0 radical (unpaired) electrons. The molecule has 1 aliphatic heterocycles. The molecule has 20 heavy (non-hydrogen) atoms. The number of carbonyl (C=O) groups is 1. The van der Waals surface area contributed by atoms with E-state index in [0.717, 1.165) is 19.5 Å². The molecule has 1 aliphatic rings. The number of carbonyl (C=O) groups excluding carboxylic acids is 1. The fourth-order valence-electron chi connectivity index (χ4n) is 2.50. The van der Waals surface area contributed by atoms with E-state index in [1.807, 2.05) is 23.6 Å². The van der Waals surface area contributed by atoms with Gasteiger partial charge in [-0.25, -0.2) is 4.79 Å². The monoisotopic (exact) mass is 286 g/mol. The molecule has 0 aromatic heterocycles. The Balaban J connectivity index is 2.47. The highest BCUT2D eigenvalue weighted by Crippen LogP contribution is 2.16. The largest absolute Gasteiger partial charge is 0.380 e. The first-order chi connectivity index (χ1) is 9.69. The maximum absolute atomic E-state index is 12.6. The summed E-state index contributed by atoms with van der Waals surface area (Å²) >= 11 is 0. The van der Waals surface area contributed by atoms with Crippen molar-refractivity contribution in [1.82, 2.24) is 9.80 Å². The molecular weight excluding hydrogens is 256 g/mol. The Labute approximate surface area is 123 Å². The average molecular weight is 286 g/mol. The predicted molar refractivity (Wildman–Crippen MR) is 79.9 cm³/mol. The zero-order chi connectivity index (χ0) is 14.8. The third kappa shape index (κ3) is 6.09. The van der Waals surface area contributed by atoms with Crippen LogP contribution < -0.4 is 0 Å². The highest BCUT2D eigenvalue weighted by atomic mass is 16.5. The van der Waals surface area contributed by atoms with Gasteiger partial charge in [-0.1, -0.05) is 6.92 Å². The molecule has 118 valence electrons. The lowest BCUT2D eigenvalue weighted by atomic mass is 10.0. The van der Waals surface area contributed by atoms with Gasteiger partial charge in [-0.15, -0.1) is 0 Å². The van der Waals surface area contributed by atoms with Crippen molar-refractivity contribution in [3.05, 3.63) is 0 Å². The van der Waals surface area contributed by atoms with Crippen molar-refractivity contribution >= 4 is 6.03 Å². The summed E-state index contributed by atoms with van der Waals surface area (Å²) < 4.78 is 10.8. The fraction of sp³-hybridized carbons (Fsp3) is 0.933. The van der Waals surface area contributed by atoms with Crippen molar-refractivity contribution in [1.29, 1.82) is 0 Å². The first-order valence-corrected chi connectivity index (χ1v) is 7.88. The molecule has 1 fully saturated rings. The Morgan fingerprint density at radius 3 is 2.30 bits per heavy atom. The number of rotatable bonds is 8. The lowest BCUT2D eigenvalue weighted by Crippen LogP contribution is -2.49. The predicted octanol–water partition coefficient (Wildman–Crippen LogP) is 2.21. The van der Waals surface area contributed by atoms with Crippen LogP contribution in [-0.4, -0.2) is 68.4 Å². The summed E-state index contributed by atoms with van der Waals surface area (Å²) in [7, 11) is 0. The molecule has 1 heterocycles. The number of urea groups is 1. The Bertz CT molecular complexity index is 264. The zero-order valence-corrected chi connectivity index (χ0v) is 13.3. The molecule has 1 atom stereocenters. The SMILES string of the molecule is CCOCCN(CCOCC)C(=O)N1CCCC(C)C1. The van der Waals surface area contributed by atoms with Crippen molar-refractivity contribution < 1.29 is 14.3 Å². The minimum atomic E-state index is 0.135. The van der Waals surface area contributed by atoms with Gasteiger partial charge in [0.1, 0.15) is 0 Å². The number of ether oxygens (including phenoxy) is 2. The van der Waals surface area contributed by atoms with Gasteiger partial charge in [0.2, 0.25) is 0 Å². The maximum atomic E-state index is 12.6. The smallest absolute Gasteiger partial charge is 0.320 e. The van der Waals surface area contributed by atoms with Crippen LogP contribution in [0.25, 0.3) is 0 Å². The molecule has 0 bridgehead atoms. The standard InChI is InChI=1S/C15H30N2O3/c1-4-19-11-9-16(10-12-20-5-2)15(18)17-8-6-7-14(3)13-17/h14H,4-13H2,1-3H3. The molecule has 5 heteroatoms. The van der Waals surface area contributed by atoms with Crippen molar-refractivity contribution in [3.8, 4) is 0 Å². The number of hydrogen-bond donors (Lipinski definition) is 0. The molecule has 0 saturated carbocycles. The van der Waals surface area contributed by atoms with Gasteiger partial charge in [0.05, 0.1) is 13.2 Å². The van der Waals surface area contributed by atoms with E-state index >= 15 is 0 Å². The second-order valence-corrected chi connectivity index (χ2v) is 5.36. The number of hydrogen-bond acceptors (Lipinski definition) is 3. The van der Waals surface area contributed by atoms with Crippen molar-refractivity contribution in [2.45, 2.75) is 33.6 Å². The minimum absolute atomic E-state index is 0.135. The zero-order valence-electron chi connectivity index (χ0n) is 13.3. The third-order valence-electron chi connectivity index (χ3n) is 3.62. The van der Waals surface area contributed by atoms with E-state index in [1.165, 1.54) is 6.42 Å². The van der Waals surface area contributed by atoms with Gasteiger partial charge >= 0.3 is 6.03 Å². The number of amides is 2. The molecule has 5 nitrogen and oxygen atoms in total. The Hall–Kier alpha value is -0.810. The number of piperidine rings is 1. The summed E-state index contributed by atoms with van der Waals surface area (Å²) in [6.07, 6.45) is 2.33. The Morgan fingerprint density at radius 2 is 1.80 bits per heavy atom. The second kappa shape index (κ2) is 10.00. The lowest BCUT2D eigenvalue weighted by Gasteiger charge is -2.35. The molecule has 0 aliphatic carbocycles. The molecular formula is C15H30N2O3. The highest BCUT2D eigenvalue weighted by Gasteiger charge is 2.24. The van der Waals surface area contributed by atoms with E-state index < -0.39 is 0 Å². The summed E-state index contributed by atoms with van der Waals surface area (Å²) in [5, 5.41) is 0. The topological polar surface area (TPSA) is 42.0 Å². The van der Waals surface area contributed by atoms with Gasteiger partial charge < -0.3 is 19.3 Å². The first kappa shape index (κ1) is 17.2. The second-order valence-electron chi connectivity index (χ2n) is 5.36. The van der Waals surface area contributed by atoms with Crippen LogP contribution in [0.15, 0.2) is 0 Å². The van der Waals surface area contributed by atoms with Crippen LogP contribution in [0.3, 0.4) is 0 Å². The molecule has 1 saturated heterocycles.